The van der Waals surface area contributed by atoms with Crippen molar-refractivity contribution in [3.8, 4) is 34.5 Å². The maximum absolute atomic E-state index is 7.06. The number of benzene rings is 4. The minimum absolute atomic E-state index is 0.557. The van der Waals surface area contributed by atoms with Gasteiger partial charge in [-0.1, -0.05) is 155 Å². The largest absolute Gasteiger partial charge is 0.493 e. The second-order valence-corrected chi connectivity index (χ2v) is 16.1. The van der Waals surface area contributed by atoms with Crippen LogP contribution in [-0.2, 0) is 0 Å². The summed E-state index contributed by atoms with van der Waals surface area (Å²) >= 11 is 0. The van der Waals surface area contributed by atoms with E-state index >= 15 is 0 Å². The van der Waals surface area contributed by atoms with Gasteiger partial charge in [0.1, 0.15) is 34.5 Å². The van der Waals surface area contributed by atoms with E-state index < -0.39 is 0 Å². The molecule has 58 heavy (non-hydrogen) atoms. The van der Waals surface area contributed by atoms with Crippen LogP contribution in [-0.4, -0.2) is 39.6 Å². The summed E-state index contributed by atoms with van der Waals surface area (Å²) in [4.78, 5) is 0. The molecule has 0 saturated carbocycles. The van der Waals surface area contributed by atoms with Crippen molar-refractivity contribution in [1.29, 1.82) is 0 Å². The first-order valence-corrected chi connectivity index (χ1v) is 23.7. The molecule has 0 unspecified atom stereocenters. The van der Waals surface area contributed by atoms with E-state index in [1.807, 2.05) is 0 Å². The first-order chi connectivity index (χ1) is 28.7. The number of ether oxygens (including phenoxy) is 6. The van der Waals surface area contributed by atoms with Gasteiger partial charge in [0.2, 0.25) is 0 Å². The Labute approximate surface area is 350 Å². The molecule has 0 amide bonds. The van der Waals surface area contributed by atoms with Gasteiger partial charge in [-0.25, -0.2) is 0 Å². The third-order valence-electron chi connectivity index (χ3n) is 11.5. The molecule has 6 heteroatoms. The maximum Gasteiger partial charge on any atom is 0.139 e. The predicted molar refractivity (Wildman–Crippen MR) is 243 cm³/mol. The summed E-state index contributed by atoms with van der Waals surface area (Å²) in [6.45, 7) is 16.8. The zero-order valence-electron chi connectivity index (χ0n) is 37.3. The molecule has 0 N–H and O–H groups in total. The third-order valence-corrected chi connectivity index (χ3v) is 11.5. The highest BCUT2D eigenvalue weighted by molar-refractivity contribution is 6.02. The Balaban J connectivity index is 1.83. The Morgan fingerprint density at radius 1 is 0.310 bits per heavy atom. The molecule has 0 spiro atoms. The van der Waals surface area contributed by atoms with Gasteiger partial charge < -0.3 is 28.4 Å². The fraction of sp³-hybridized carbons (Fsp3) is 0.615. The Hall–Kier alpha value is -3.80. The molecule has 5 rings (SSSR count). The topological polar surface area (TPSA) is 55.4 Å². The molecule has 0 atom stereocenters. The van der Waals surface area contributed by atoms with E-state index in [9.17, 15) is 0 Å². The van der Waals surface area contributed by atoms with E-state index in [4.69, 9.17) is 28.4 Å². The van der Waals surface area contributed by atoms with E-state index in [0.29, 0.717) is 39.6 Å². The molecular weight excluding hydrogens is 721 g/mol. The first kappa shape index (κ1) is 45.3. The highest BCUT2D eigenvalue weighted by Gasteiger charge is 2.29. The smallest absolute Gasteiger partial charge is 0.139 e. The fourth-order valence-electron chi connectivity index (χ4n) is 8.43. The Kier molecular flexibility index (Phi) is 19.5. The lowest BCUT2D eigenvalue weighted by atomic mass is 9.90. The van der Waals surface area contributed by atoms with Crippen LogP contribution in [0.3, 0.4) is 0 Å². The van der Waals surface area contributed by atoms with Crippen molar-refractivity contribution in [2.75, 3.05) is 39.6 Å². The summed E-state index contributed by atoms with van der Waals surface area (Å²) in [5.41, 5.74) is 0. The SMILES string of the molecule is CCCCCCCOc1c2c(c(OCCCCCCC)c3c(OCC)cccc13)=c1c(OCCCCCCC)c3c(OCC)cccc3c(OCCCCCCC)c1=2. The van der Waals surface area contributed by atoms with Crippen molar-refractivity contribution in [3.05, 3.63) is 57.3 Å². The van der Waals surface area contributed by atoms with Crippen molar-refractivity contribution in [3.63, 3.8) is 0 Å². The number of unbranched alkanes of at least 4 members (excludes halogenated alkanes) is 16. The second-order valence-electron chi connectivity index (χ2n) is 16.1. The highest BCUT2D eigenvalue weighted by atomic mass is 16.5. The molecular formula is C52H76O6. The zero-order valence-corrected chi connectivity index (χ0v) is 37.3. The van der Waals surface area contributed by atoms with Crippen LogP contribution in [0.25, 0.3) is 21.5 Å². The number of hydrogen-bond donors (Lipinski definition) is 0. The van der Waals surface area contributed by atoms with Crippen LogP contribution in [0.1, 0.15) is 170 Å². The first-order valence-electron chi connectivity index (χ1n) is 23.7. The summed E-state index contributed by atoms with van der Waals surface area (Å²) in [6.07, 6.45) is 23.4. The summed E-state index contributed by atoms with van der Waals surface area (Å²) in [6, 6.07) is 12.7. The molecule has 4 aromatic rings. The molecule has 0 heterocycles. The summed E-state index contributed by atoms with van der Waals surface area (Å²) in [5, 5.41) is 8.24. The minimum atomic E-state index is 0.557. The van der Waals surface area contributed by atoms with Crippen molar-refractivity contribution in [2.24, 2.45) is 0 Å². The van der Waals surface area contributed by atoms with Crippen LogP contribution >= 0.6 is 0 Å². The van der Waals surface area contributed by atoms with Gasteiger partial charge in [-0.15, -0.1) is 0 Å². The van der Waals surface area contributed by atoms with E-state index in [0.717, 1.165) is 128 Å². The number of rotatable bonds is 32. The lowest BCUT2D eigenvalue weighted by Gasteiger charge is -2.25. The summed E-state index contributed by atoms with van der Waals surface area (Å²) < 4.78 is 41.0. The van der Waals surface area contributed by atoms with Gasteiger partial charge in [-0.3, -0.25) is 0 Å². The quantitative estimate of drug-likeness (QED) is 0.0404. The van der Waals surface area contributed by atoms with Crippen LogP contribution in [0.5, 0.6) is 34.5 Å². The van der Waals surface area contributed by atoms with Gasteiger partial charge in [0.05, 0.1) is 50.4 Å². The van der Waals surface area contributed by atoms with Crippen molar-refractivity contribution in [1.82, 2.24) is 0 Å². The highest BCUT2D eigenvalue weighted by Crippen LogP contribution is 2.50. The normalized spacial score (nSPS) is 11.7. The molecule has 0 saturated heterocycles. The monoisotopic (exact) mass is 797 g/mol. The number of hydrogen-bond acceptors (Lipinski definition) is 6. The van der Waals surface area contributed by atoms with Gasteiger partial charge in [0, 0.05) is 31.6 Å². The van der Waals surface area contributed by atoms with E-state index in [1.54, 1.807) is 0 Å². The predicted octanol–water partition coefficient (Wildman–Crippen LogP) is 15.1. The number of fused-ring (bicyclic) bond motifs is 4. The molecule has 0 fully saturated rings. The Morgan fingerprint density at radius 2 is 0.603 bits per heavy atom. The van der Waals surface area contributed by atoms with Gasteiger partial charge in [0.25, 0.3) is 0 Å². The second kappa shape index (κ2) is 25.0. The van der Waals surface area contributed by atoms with Crippen molar-refractivity contribution >= 4 is 21.5 Å². The summed E-state index contributed by atoms with van der Waals surface area (Å²) in [5.74, 6) is 5.15. The lowest BCUT2D eigenvalue weighted by molar-refractivity contribution is 0.288. The molecule has 0 radical (unpaired) electrons. The molecule has 1 aliphatic carbocycles. The Morgan fingerprint density at radius 3 is 0.914 bits per heavy atom. The molecule has 1 aliphatic rings. The molecule has 4 aromatic carbocycles. The standard InChI is InChI=1S/C52H76O6/c1-7-13-17-21-25-35-55-49-39-31-29-33-41(53-11-5)43(39)51(57-37-27-23-19-15-9-3)47-45(49)46-48(47)52(58-38-28-24-20-16-10-4)44-40(32-30-34-42(44)54-12-6)50(46)56-36-26-22-18-14-8-2/h29-34H,7-28,35-38H2,1-6H3. The lowest BCUT2D eigenvalue weighted by Crippen LogP contribution is -2.11. The van der Waals surface area contributed by atoms with Gasteiger partial charge in [0.15, 0.2) is 0 Å². The Bertz CT molecular complexity index is 1890. The van der Waals surface area contributed by atoms with E-state index in [-0.39, 0.29) is 0 Å². The van der Waals surface area contributed by atoms with Crippen LogP contribution < -0.4 is 28.4 Å². The van der Waals surface area contributed by atoms with E-state index in [1.165, 1.54) is 77.0 Å². The summed E-state index contributed by atoms with van der Waals surface area (Å²) in [7, 11) is 0. The average Bonchev–Trinajstić information content (AvgIpc) is 3.22. The van der Waals surface area contributed by atoms with Crippen LogP contribution in [0.4, 0.5) is 0 Å². The van der Waals surface area contributed by atoms with Crippen molar-refractivity contribution in [2.45, 2.75) is 170 Å². The fourth-order valence-corrected chi connectivity index (χ4v) is 8.43. The average molecular weight is 797 g/mol. The maximum atomic E-state index is 7.06. The third kappa shape index (κ3) is 11.3. The molecule has 0 aromatic heterocycles. The van der Waals surface area contributed by atoms with Crippen molar-refractivity contribution < 1.29 is 28.4 Å². The minimum Gasteiger partial charge on any atom is -0.493 e. The molecule has 0 bridgehead atoms. The van der Waals surface area contributed by atoms with Gasteiger partial charge in [-0.2, -0.15) is 0 Å². The molecule has 6 nitrogen and oxygen atoms in total. The van der Waals surface area contributed by atoms with E-state index in [2.05, 4.69) is 77.9 Å². The zero-order chi connectivity index (χ0) is 41.0. The van der Waals surface area contributed by atoms with Gasteiger partial charge >= 0.3 is 0 Å². The van der Waals surface area contributed by atoms with Crippen LogP contribution in [0, 0.1) is 20.9 Å². The van der Waals surface area contributed by atoms with Crippen LogP contribution in [0.2, 0.25) is 0 Å². The van der Waals surface area contributed by atoms with Crippen LogP contribution in [0.15, 0.2) is 36.4 Å². The molecule has 0 aliphatic heterocycles. The van der Waals surface area contributed by atoms with Gasteiger partial charge in [-0.05, 0) is 51.7 Å². The molecule has 320 valence electrons.